The Bertz CT molecular complexity index is 475. The normalized spacial score (nSPS) is 22.7. The zero-order valence-electron chi connectivity index (χ0n) is 12.9. The van der Waals surface area contributed by atoms with Gasteiger partial charge in [0.25, 0.3) is 0 Å². The third-order valence-corrected chi connectivity index (χ3v) is 4.98. The van der Waals surface area contributed by atoms with Crippen LogP contribution in [0.3, 0.4) is 0 Å². The van der Waals surface area contributed by atoms with Gasteiger partial charge in [-0.2, -0.15) is 0 Å². The minimum atomic E-state index is -0.140. The Morgan fingerprint density at radius 3 is 2.43 bits per heavy atom. The topological polar surface area (TPSA) is 32.5 Å². The number of rotatable bonds is 3. The van der Waals surface area contributed by atoms with Gasteiger partial charge >= 0.3 is 0 Å². The molecule has 116 valence electrons. The molecule has 1 heterocycles. The van der Waals surface area contributed by atoms with E-state index >= 15 is 0 Å². The molecule has 0 spiro atoms. The Balaban J connectivity index is 1.72. The molecule has 1 atom stereocenters. The molecule has 1 aromatic rings. The second kappa shape index (κ2) is 6.32. The van der Waals surface area contributed by atoms with E-state index in [1.807, 2.05) is 13.0 Å². The Morgan fingerprint density at radius 1 is 1.14 bits per heavy atom. The molecule has 3 rings (SSSR count). The molecule has 4 heteroatoms. The Morgan fingerprint density at radius 2 is 1.81 bits per heavy atom. The van der Waals surface area contributed by atoms with Crippen molar-refractivity contribution < 1.29 is 4.39 Å². The van der Waals surface area contributed by atoms with Gasteiger partial charge < -0.3 is 10.6 Å². The lowest BCUT2D eigenvalue weighted by atomic mass is 10.0. The van der Waals surface area contributed by atoms with Crippen LogP contribution in [0.4, 0.5) is 10.1 Å². The molecular formula is C17H26FN3. The molecule has 0 aromatic heterocycles. The van der Waals surface area contributed by atoms with Gasteiger partial charge in [-0.3, -0.25) is 4.90 Å². The average molecular weight is 291 g/mol. The van der Waals surface area contributed by atoms with Crippen LogP contribution in [0.25, 0.3) is 0 Å². The predicted octanol–water partition coefficient (Wildman–Crippen LogP) is 2.91. The van der Waals surface area contributed by atoms with Crippen LogP contribution in [-0.4, -0.2) is 37.1 Å². The number of nitrogens with two attached hydrogens (primary N) is 1. The molecule has 1 saturated carbocycles. The summed E-state index contributed by atoms with van der Waals surface area (Å²) in [4.78, 5) is 4.77. The Labute approximate surface area is 126 Å². The van der Waals surface area contributed by atoms with E-state index in [1.54, 1.807) is 12.1 Å². The van der Waals surface area contributed by atoms with E-state index in [4.69, 9.17) is 5.73 Å². The highest BCUT2D eigenvalue weighted by Crippen LogP contribution is 2.30. The molecule has 1 aromatic carbocycles. The molecule has 21 heavy (non-hydrogen) atoms. The van der Waals surface area contributed by atoms with E-state index in [-0.39, 0.29) is 11.9 Å². The lowest BCUT2D eigenvalue weighted by Gasteiger charge is -2.40. The fraction of sp³-hybridized carbons (Fsp3) is 0.647. The molecule has 0 bridgehead atoms. The van der Waals surface area contributed by atoms with Crippen molar-refractivity contribution in [2.45, 2.75) is 44.7 Å². The van der Waals surface area contributed by atoms with Crippen LogP contribution in [0.15, 0.2) is 18.2 Å². The van der Waals surface area contributed by atoms with E-state index in [1.165, 1.54) is 25.7 Å². The van der Waals surface area contributed by atoms with Crippen molar-refractivity contribution in [3.05, 3.63) is 29.6 Å². The quantitative estimate of drug-likeness (QED) is 0.929. The monoisotopic (exact) mass is 291 g/mol. The van der Waals surface area contributed by atoms with Crippen LogP contribution >= 0.6 is 0 Å². The summed E-state index contributed by atoms with van der Waals surface area (Å²) >= 11 is 0. The summed E-state index contributed by atoms with van der Waals surface area (Å²) in [6, 6.07) is 5.88. The summed E-state index contributed by atoms with van der Waals surface area (Å²) < 4.78 is 14.3. The van der Waals surface area contributed by atoms with Crippen LogP contribution < -0.4 is 10.6 Å². The lowest BCUT2D eigenvalue weighted by Crippen LogP contribution is -2.50. The van der Waals surface area contributed by atoms with E-state index in [2.05, 4.69) is 9.80 Å². The summed E-state index contributed by atoms with van der Waals surface area (Å²) in [5, 5.41) is 0. The zero-order valence-corrected chi connectivity index (χ0v) is 12.9. The van der Waals surface area contributed by atoms with Gasteiger partial charge in [-0.1, -0.05) is 25.0 Å². The van der Waals surface area contributed by atoms with E-state index < -0.39 is 0 Å². The molecule has 0 unspecified atom stereocenters. The molecule has 2 aliphatic rings. The van der Waals surface area contributed by atoms with Crippen molar-refractivity contribution >= 4 is 5.69 Å². The van der Waals surface area contributed by atoms with Crippen LogP contribution in [0.2, 0.25) is 0 Å². The number of anilines is 1. The molecule has 1 aliphatic heterocycles. The molecule has 2 fully saturated rings. The van der Waals surface area contributed by atoms with Crippen molar-refractivity contribution in [3.63, 3.8) is 0 Å². The molecule has 2 N–H and O–H groups in total. The number of hydrogen-bond donors (Lipinski definition) is 1. The second-order valence-corrected chi connectivity index (χ2v) is 6.43. The molecule has 0 amide bonds. The minimum Gasteiger partial charge on any atom is -0.366 e. The first-order valence-corrected chi connectivity index (χ1v) is 8.20. The van der Waals surface area contributed by atoms with Crippen LogP contribution in [0.1, 0.15) is 44.2 Å². The van der Waals surface area contributed by atoms with Crippen molar-refractivity contribution in [1.29, 1.82) is 0 Å². The van der Waals surface area contributed by atoms with Gasteiger partial charge in [0.2, 0.25) is 0 Å². The molecular weight excluding hydrogens is 265 g/mol. The van der Waals surface area contributed by atoms with Gasteiger partial charge in [0.05, 0.1) is 5.69 Å². The van der Waals surface area contributed by atoms with Gasteiger partial charge in [0, 0.05) is 38.3 Å². The number of benzene rings is 1. The maximum Gasteiger partial charge on any atom is 0.146 e. The van der Waals surface area contributed by atoms with Gasteiger partial charge in [0.1, 0.15) is 5.82 Å². The maximum atomic E-state index is 14.3. The third-order valence-electron chi connectivity index (χ3n) is 4.98. The first-order chi connectivity index (χ1) is 10.2. The summed E-state index contributed by atoms with van der Waals surface area (Å²) in [5.41, 5.74) is 7.65. The summed E-state index contributed by atoms with van der Waals surface area (Å²) in [5.74, 6) is -0.140. The summed E-state index contributed by atoms with van der Waals surface area (Å²) in [6.45, 7) is 5.80. The molecule has 1 aliphatic carbocycles. The smallest absolute Gasteiger partial charge is 0.146 e. The van der Waals surface area contributed by atoms with Crippen molar-refractivity contribution in [2.75, 3.05) is 31.1 Å². The highest BCUT2D eigenvalue weighted by molar-refractivity contribution is 5.56. The van der Waals surface area contributed by atoms with Crippen molar-refractivity contribution in [3.8, 4) is 0 Å². The minimum absolute atomic E-state index is 0.136. The SMILES string of the molecule is C[C@H](N)c1cccc(F)c1N1CCN(C2CCCC2)CC1. The predicted molar refractivity (Wildman–Crippen MR) is 85.0 cm³/mol. The number of halogens is 1. The highest BCUT2D eigenvalue weighted by atomic mass is 19.1. The summed E-state index contributed by atoms with van der Waals surface area (Å²) in [6.07, 6.45) is 5.41. The van der Waals surface area contributed by atoms with Gasteiger partial charge in [-0.25, -0.2) is 4.39 Å². The molecule has 3 nitrogen and oxygen atoms in total. The van der Waals surface area contributed by atoms with Gasteiger partial charge in [0.15, 0.2) is 0 Å². The van der Waals surface area contributed by atoms with Crippen LogP contribution in [0.5, 0.6) is 0 Å². The second-order valence-electron chi connectivity index (χ2n) is 6.43. The first-order valence-electron chi connectivity index (χ1n) is 8.20. The van der Waals surface area contributed by atoms with Gasteiger partial charge in [-0.05, 0) is 31.4 Å². The summed E-state index contributed by atoms with van der Waals surface area (Å²) in [7, 11) is 0. The van der Waals surface area contributed by atoms with Crippen molar-refractivity contribution in [1.82, 2.24) is 4.90 Å². The molecule has 0 radical (unpaired) electrons. The lowest BCUT2D eigenvalue weighted by molar-refractivity contribution is 0.187. The highest BCUT2D eigenvalue weighted by Gasteiger charge is 2.28. The van der Waals surface area contributed by atoms with Crippen LogP contribution in [0, 0.1) is 5.82 Å². The molecule has 1 saturated heterocycles. The standard InChI is InChI=1S/C17H26FN3/c1-13(19)15-7-4-8-16(18)17(15)21-11-9-20(10-12-21)14-5-2-3-6-14/h4,7-8,13-14H,2-3,5-6,9-12,19H2,1H3/t13-/m0/s1. The average Bonchev–Trinajstić information content (AvgIpc) is 3.01. The Hall–Kier alpha value is -1.13. The number of hydrogen-bond acceptors (Lipinski definition) is 3. The largest absolute Gasteiger partial charge is 0.366 e. The first kappa shape index (κ1) is 14.8. The number of piperazine rings is 1. The van der Waals surface area contributed by atoms with E-state index in [0.717, 1.165) is 43.5 Å². The van der Waals surface area contributed by atoms with E-state index in [9.17, 15) is 4.39 Å². The fourth-order valence-corrected chi connectivity index (χ4v) is 3.81. The fourth-order valence-electron chi connectivity index (χ4n) is 3.81. The van der Waals surface area contributed by atoms with Crippen molar-refractivity contribution in [2.24, 2.45) is 5.73 Å². The maximum absolute atomic E-state index is 14.3. The van der Waals surface area contributed by atoms with E-state index in [0.29, 0.717) is 0 Å². The Kier molecular flexibility index (Phi) is 4.45. The number of nitrogens with zero attached hydrogens (tertiary/aromatic N) is 2. The van der Waals surface area contributed by atoms with Gasteiger partial charge in [-0.15, -0.1) is 0 Å². The zero-order chi connectivity index (χ0) is 14.8. The number of para-hydroxylation sites is 1. The third kappa shape index (κ3) is 3.06. The van der Waals surface area contributed by atoms with Crippen LogP contribution in [-0.2, 0) is 0 Å².